The van der Waals surface area contributed by atoms with E-state index in [0.29, 0.717) is 13.1 Å². The first-order chi connectivity index (χ1) is 9.99. The molecule has 2 rings (SSSR count). The van der Waals surface area contributed by atoms with Crippen LogP contribution in [0.25, 0.3) is 0 Å². The van der Waals surface area contributed by atoms with Crippen molar-refractivity contribution in [3.05, 3.63) is 0 Å². The Morgan fingerprint density at radius 3 is 2.24 bits per heavy atom. The summed E-state index contributed by atoms with van der Waals surface area (Å²) in [7, 11) is 0. The molecule has 2 aliphatic rings. The van der Waals surface area contributed by atoms with Crippen LogP contribution in [-0.4, -0.2) is 99.9 Å². The van der Waals surface area contributed by atoms with E-state index in [1.54, 1.807) is 0 Å². The molecule has 2 heterocycles. The molecule has 0 bridgehead atoms. The Kier molecular flexibility index (Phi) is 5.88. The van der Waals surface area contributed by atoms with Gasteiger partial charge in [-0.15, -0.1) is 0 Å². The van der Waals surface area contributed by atoms with Gasteiger partial charge in [-0.25, -0.2) is 0 Å². The fourth-order valence-corrected chi connectivity index (χ4v) is 2.73. The molecule has 8 atom stereocenters. The molecule has 2 saturated heterocycles. The van der Waals surface area contributed by atoms with Crippen LogP contribution < -0.4 is 5.32 Å². The first-order valence-electron chi connectivity index (χ1n) is 7.06. The number of piperidine rings is 1. The van der Waals surface area contributed by atoms with Crippen LogP contribution in [0.4, 0.5) is 0 Å². The van der Waals surface area contributed by atoms with Crippen LogP contribution >= 0.6 is 0 Å². The normalized spacial score (nSPS) is 48.3. The smallest absolute Gasteiger partial charge is 0.187 e. The molecule has 0 unspecified atom stereocenters. The van der Waals surface area contributed by atoms with E-state index in [2.05, 4.69) is 0 Å². The largest absolute Gasteiger partial charge is 0.396 e. The molecule has 0 aromatic heterocycles. The minimum Gasteiger partial charge on any atom is -0.396 e. The van der Waals surface area contributed by atoms with Gasteiger partial charge in [0, 0.05) is 0 Å². The lowest BCUT2D eigenvalue weighted by atomic mass is 9.94. The number of ether oxygens (including phenoxy) is 2. The van der Waals surface area contributed by atoms with Gasteiger partial charge in [-0.1, -0.05) is 0 Å². The van der Waals surface area contributed by atoms with Crippen molar-refractivity contribution >= 4 is 0 Å². The van der Waals surface area contributed by atoms with E-state index < -0.39 is 49.5 Å². The Labute approximate surface area is 121 Å². The highest BCUT2D eigenvalue weighted by Crippen LogP contribution is 2.24. The fraction of sp³-hybridized carbons (Fsp3) is 1.00. The molecule has 0 aliphatic carbocycles. The van der Waals surface area contributed by atoms with Gasteiger partial charge in [-0.2, -0.15) is 0 Å². The summed E-state index contributed by atoms with van der Waals surface area (Å²) in [6.07, 6.45) is -8.40. The molecule has 8 N–H and O–H groups in total. The number of aliphatic hydroxyl groups is 6. The maximum Gasteiger partial charge on any atom is 0.187 e. The minimum absolute atomic E-state index is 0.188. The van der Waals surface area contributed by atoms with Crippen molar-refractivity contribution in [2.75, 3.05) is 26.3 Å². The van der Waals surface area contributed by atoms with Crippen molar-refractivity contribution in [1.29, 1.82) is 0 Å². The van der Waals surface area contributed by atoms with Gasteiger partial charge >= 0.3 is 0 Å². The zero-order valence-electron chi connectivity index (χ0n) is 11.5. The van der Waals surface area contributed by atoms with Gasteiger partial charge in [0.25, 0.3) is 0 Å². The number of rotatable bonds is 4. The second-order valence-corrected chi connectivity index (χ2v) is 5.57. The molecule has 0 aromatic carbocycles. The van der Waals surface area contributed by atoms with E-state index in [4.69, 9.17) is 14.6 Å². The number of nitrogens with two attached hydrogens (primary N) is 1. The molecule has 2 fully saturated rings. The summed E-state index contributed by atoms with van der Waals surface area (Å²) in [6.45, 7) is 0.245. The zero-order chi connectivity index (χ0) is 15.6. The van der Waals surface area contributed by atoms with Crippen molar-refractivity contribution in [2.45, 2.75) is 42.9 Å². The Morgan fingerprint density at radius 2 is 1.62 bits per heavy atom. The molecular weight excluding hydrogens is 286 g/mol. The summed E-state index contributed by atoms with van der Waals surface area (Å²) in [5, 5.41) is 59.5. The van der Waals surface area contributed by atoms with Gasteiger partial charge in [0.15, 0.2) is 6.29 Å². The summed E-state index contributed by atoms with van der Waals surface area (Å²) in [5.74, 6) is -0.353. The van der Waals surface area contributed by atoms with Crippen molar-refractivity contribution in [3.63, 3.8) is 0 Å². The lowest BCUT2D eigenvalue weighted by Gasteiger charge is -2.42. The van der Waals surface area contributed by atoms with E-state index in [1.807, 2.05) is 5.32 Å². The monoisotopic (exact) mass is 310 g/mol. The summed E-state index contributed by atoms with van der Waals surface area (Å²) >= 11 is 0. The Morgan fingerprint density at radius 1 is 0.905 bits per heavy atom. The van der Waals surface area contributed by atoms with Crippen molar-refractivity contribution < 1.29 is 45.4 Å². The number of hydrogen-bond acceptors (Lipinski definition) is 8. The lowest BCUT2D eigenvalue weighted by Crippen LogP contribution is -2.92. The van der Waals surface area contributed by atoms with E-state index >= 15 is 0 Å². The van der Waals surface area contributed by atoms with Gasteiger partial charge in [0.05, 0.1) is 31.8 Å². The molecule has 0 spiro atoms. The number of quaternary nitrogens is 1. The highest BCUT2D eigenvalue weighted by Gasteiger charge is 2.46. The van der Waals surface area contributed by atoms with Crippen molar-refractivity contribution in [1.82, 2.24) is 0 Å². The lowest BCUT2D eigenvalue weighted by molar-refractivity contribution is -0.682. The fourth-order valence-electron chi connectivity index (χ4n) is 2.73. The van der Waals surface area contributed by atoms with Crippen LogP contribution in [0.2, 0.25) is 0 Å². The predicted molar refractivity (Wildman–Crippen MR) is 66.9 cm³/mol. The SMILES string of the molecule is OC[C@H]1C[NH2+]C[C@@H](O[C@H]2O[C@H](CO)[C@@H](O)[C@H](O)[C@@H]2O)[C@@H]1O. The highest BCUT2D eigenvalue weighted by molar-refractivity contribution is 4.90. The molecular formula is C12H24NO8+. The zero-order valence-corrected chi connectivity index (χ0v) is 11.5. The van der Waals surface area contributed by atoms with E-state index in [1.165, 1.54) is 0 Å². The van der Waals surface area contributed by atoms with Gasteiger partial charge in [0.2, 0.25) is 0 Å². The molecule has 9 nitrogen and oxygen atoms in total. The molecule has 21 heavy (non-hydrogen) atoms. The maximum absolute atomic E-state index is 10.1. The van der Waals surface area contributed by atoms with Gasteiger partial charge in [-0.3, -0.25) is 0 Å². The van der Waals surface area contributed by atoms with Crippen LogP contribution in [0.5, 0.6) is 0 Å². The van der Waals surface area contributed by atoms with Crippen LogP contribution in [0.1, 0.15) is 0 Å². The average Bonchev–Trinajstić information content (AvgIpc) is 2.49. The molecule has 2 aliphatic heterocycles. The Balaban J connectivity index is 2.00. The van der Waals surface area contributed by atoms with Gasteiger partial charge < -0.3 is 45.4 Å². The third-order valence-electron chi connectivity index (χ3n) is 4.12. The van der Waals surface area contributed by atoms with Gasteiger partial charge in [0.1, 0.15) is 37.1 Å². The average molecular weight is 310 g/mol. The first-order valence-corrected chi connectivity index (χ1v) is 7.06. The van der Waals surface area contributed by atoms with Crippen molar-refractivity contribution in [3.8, 4) is 0 Å². The van der Waals surface area contributed by atoms with Crippen LogP contribution in [0.3, 0.4) is 0 Å². The third kappa shape index (κ3) is 3.52. The molecule has 124 valence electrons. The Hall–Kier alpha value is -0.360. The minimum atomic E-state index is -1.51. The van der Waals surface area contributed by atoms with Crippen LogP contribution in [0.15, 0.2) is 0 Å². The topological polar surface area (TPSA) is 156 Å². The van der Waals surface area contributed by atoms with Gasteiger partial charge in [-0.05, 0) is 0 Å². The highest BCUT2D eigenvalue weighted by atomic mass is 16.7. The Bertz CT molecular complexity index is 330. The van der Waals surface area contributed by atoms with E-state index in [-0.39, 0.29) is 12.5 Å². The first kappa shape index (κ1) is 17.0. The maximum atomic E-state index is 10.1. The van der Waals surface area contributed by atoms with Crippen LogP contribution in [0, 0.1) is 5.92 Å². The molecule has 9 heteroatoms. The molecule has 0 saturated carbocycles. The summed E-state index contributed by atoms with van der Waals surface area (Å²) in [5.41, 5.74) is 0. The second-order valence-electron chi connectivity index (χ2n) is 5.57. The summed E-state index contributed by atoms with van der Waals surface area (Å²) in [6, 6.07) is 0. The molecule has 0 amide bonds. The number of hydrogen-bond donors (Lipinski definition) is 7. The van der Waals surface area contributed by atoms with E-state index in [9.17, 15) is 25.5 Å². The summed E-state index contributed by atoms with van der Waals surface area (Å²) < 4.78 is 10.7. The molecule has 0 aromatic rings. The summed E-state index contributed by atoms with van der Waals surface area (Å²) in [4.78, 5) is 0. The second kappa shape index (κ2) is 7.27. The predicted octanol–water partition coefficient (Wildman–Crippen LogP) is -5.28. The van der Waals surface area contributed by atoms with Crippen molar-refractivity contribution in [2.24, 2.45) is 5.92 Å². The van der Waals surface area contributed by atoms with E-state index in [0.717, 1.165) is 0 Å². The molecule has 0 radical (unpaired) electrons. The number of aliphatic hydroxyl groups excluding tert-OH is 6. The quantitative estimate of drug-likeness (QED) is 0.271. The third-order valence-corrected chi connectivity index (χ3v) is 4.12. The van der Waals surface area contributed by atoms with Crippen LogP contribution in [-0.2, 0) is 9.47 Å². The standard InChI is InChI=1S/C12H23NO8/c14-3-5-1-13-2-6(8(5)16)20-12-11(19)10(18)9(17)7(4-15)21-12/h5-19H,1-4H2/p+1/t5-,6-,7-,8-,9-,10+,11+,12+/m1/s1.